The molecule has 18 heavy (non-hydrogen) atoms. The molecule has 0 saturated heterocycles. The van der Waals surface area contributed by atoms with Gasteiger partial charge in [0.2, 0.25) is 0 Å². The molecule has 1 N–H and O–H groups in total. The van der Waals surface area contributed by atoms with Crippen molar-refractivity contribution in [3.05, 3.63) is 11.6 Å². The fourth-order valence-electron chi connectivity index (χ4n) is 5.91. The maximum Gasteiger partial charge on any atom is 0.0757 e. The van der Waals surface area contributed by atoms with Crippen LogP contribution in [0.25, 0.3) is 0 Å². The summed E-state index contributed by atoms with van der Waals surface area (Å²) in [5.41, 5.74) is 1.63. The summed E-state index contributed by atoms with van der Waals surface area (Å²) in [7, 11) is 0. The van der Waals surface area contributed by atoms with Gasteiger partial charge in [0, 0.05) is 0 Å². The molecule has 3 fully saturated rings. The van der Waals surface area contributed by atoms with Crippen molar-refractivity contribution in [2.24, 2.45) is 29.6 Å². The third-order valence-electron chi connectivity index (χ3n) is 6.58. The second kappa shape index (κ2) is 4.37. The summed E-state index contributed by atoms with van der Waals surface area (Å²) in [5.74, 6) is 4.13. The molecule has 4 aliphatic carbocycles. The van der Waals surface area contributed by atoms with Gasteiger partial charge in [0.15, 0.2) is 0 Å². The standard InChI is InChI=1S/C17H26O/c18-16-10-12-4-1-2-6-13(12)15-9-8-11-5-3-7-14(11)17(15)16/h10-11,13-18H,1-9H2/t11?,13?,14-,15?,16?,17?/m1/s1. The van der Waals surface area contributed by atoms with Crippen molar-refractivity contribution in [2.75, 3.05) is 0 Å². The van der Waals surface area contributed by atoms with Crippen LogP contribution >= 0.6 is 0 Å². The van der Waals surface area contributed by atoms with Crippen LogP contribution in [0.15, 0.2) is 11.6 Å². The predicted octanol–water partition coefficient (Wildman–Crippen LogP) is 3.92. The molecule has 3 saturated carbocycles. The van der Waals surface area contributed by atoms with E-state index >= 15 is 0 Å². The summed E-state index contributed by atoms with van der Waals surface area (Å²) in [4.78, 5) is 0. The molecule has 0 aromatic carbocycles. The van der Waals surface area contributed by atoms with Crippen molar-refractivity contribution in [3.63, 3.8) is 0 Å². The van der Waals surface area contributed by atoms with Gasteiger partial charge in [-0.3, -0.25) is 0 Å². The van der Waals surface area contributed by atoms with Gasteiger partial charge in [-0.25, -0.2) is 0 Å². The van der Waals surface area contributed by atoms with Gasteiger partial charge in [-0.05, 0) is 68.1 Å². The first-order chi connectivity index (χ1) is 8.84. The first-order valence-corrected chi connectivity index (χ1v) is 8.23. The third kappa shape index (κ3) is 1.62. The second-order valence-corrected chi connectivity index (χ2v) is 7.26. The van der Waals surface area contributed by atoms with Gasteiger partial charge < -0.3 is 5.11 Å². The van der Waals surface area contributed by atoms with E-state index in [1.807, 2.05) is 0 Å². The Labute approximate surface area is 111 Å². The van der Waals surface area contributed by atoms with Crippen molar-refractivity contribution in [3.8, 4) is 0 Å². The lowest BCUT2D eigenvalue weighted by molar-refractivity contribution is -0.0168. The van der Waals surface area contributed by atoms with Gasteiger partial charge in [0.25, 0.3) is 0 Å². The highest BCUT2D eigenvalue weighted by Gasteiger charge is 2.49. The highest BCUT2D eigenvalue weighted by molar-refractivity contribution is 5.20. The van der Waals surface area contributed by atoms with Crippen molar-refractivity contribution < 1.29 is 5.11 Å². The van der Waals surface area contributed by atoms with E-state index in [0.717, 1.165) is 23.7 Å². The largest absolute Gasteiger partial charge is 0.389 e. The number of rotatable bonds is 0. The second-order valence-electron chi connectivity index (χ2n) is 7.26. The van der Waals surface area contributed by atoms with Crippen LogP contribution in [0.5, 0.6) is 0 Å². The van der Waals surface area contributed by atoms with E-state index in [9.17, 15) is 5.11 Å². The van der Waals surface area contributed by atoms with Crippen LogP contribution in [-0.2, 0) is 0 Å². The molecule has 4 rings (SSSR count). The van der Waals surface area contributed by atoms with Gasteiger partial charge in [-0.1, -0.05) is 30.9 Å². The van der Waals surface area contributed by atoms with Gasteiger partial charge in [-0.15, -0.1) is 0 Å². The molecule has 0 spiro atoms. The molecule has 6 atom stereocenters. The zero-order valence-electron chi connectivity index (χ0n) is 11.4. The van der Waals surface area contributed by atoms with Crippen LogP contribution in [0.4, 0.5) is 0 Å². The van der Waals surface area contributed by atoms with E-state index in [4.69, 9.17) is 0 Å². The fourth-order valence-corrected chi connectivity index (χ4v) is 5.91. The van der Waals surface area contributed by atoms with Crippen LogP contribution in [-0.4, -0.2) is 11.2 Å². The van der Waals surface area contributed by atoms with Crippen LogP contribution in [0.1, 0.15) is 57.8 Å². The van der Waals surface area contributed by atoms with Crippen LogP contribution in [0.3, 0.4) is 0 Å². The molecule has 0 bridgehead atoms. The summed E-state index contributed by atoms with van der Waals surface area (Å²) in [6.45, 7) is 0. The lowest BCUT2D eigenvalue weighted by Gasteiger charge is -2.50. The molecule has 1 heteroatoms. The highest BCUT2D eigenvalue weighted by atomic mass is 16.3. The molecule has 5 unspecified atom stereocenters. The molecule has 0 radical (unpaired) electrons. The quantitative estimate of drug-likeness (QED) is 0.642. The highest BCUT2D eigenvalue weighted by Crippen LogP contribution is 2.56. The van der Waals surface area contributed by atoms with E-state index in [-0.39, 0.29) is 6.10 Å². The molecule has 0 amide bonds. The Morgan fingerprint density at radius 3 is 2.78 bits per heavy atom. The van der Waals surface area contributed by atoms with E-state index < -0.39 is 0 Å². The average Bonchev–Trinajstić information content (AvgIpc) is 2.86. The SMILES string of the molecule is OC1C=C2CCCCC2C2CCC3CCC[C@H]3C12. The van der Waals surface area contributed by atoms with Gasteiger partial charge >= 0.3 is 0 Å². The maximum absolute atomic E-state index is 10.6. The molecule has 100 valence electrons. The van der Waals surface area contributed by atoms with Gasteiger partial charge in [-0.2, -0.15) is 0 Å². The van der Waals surface area contributed by atoms with Gasteiger partial charge in [0.05, 0.1) is 6.10 Å². The first-order valence-electron chi connectivity index (χ1n) is 8.23. The molecular formula is C17H26O. The predicted molar refractivity (Wildman–Crippen MR) is 73.1 cm³/mol. The number of aliphatic hydroxyl groups excluding tert-OH is 1. The topological polar surface area (TPSA) is 20.2 Å². The minimum absolute atomic E-state index is 0.106. The van der Waals surface area contributed by atoms with Crippen molar-refractivity contribution in [2.45, 2.75) is 63.9 Å². The maximum atomic E-state index is 10.6. The summed E-state index contributed by atoms with van der Waals surface area (Å²) in [6, 6.07) is 0. The Morgan fingerprint density at radius 1 is 0.889 bits per heavy atom. The van der Waals surface area contributed by atoms with Crippen molar-refractivity contribution in [1.29, 1.82) is 0 Å². The Morgan fingerprint density at radius 2 is 1.83 bits per heavy atom. The number of hydrogen-bond acceptors (Lipinski definition) is 1. The minimum Gasteiger partial charge on any atom is -0.389 e. The third-order valence-corrected chi connectivity index (χ3v) is 6.58. The minimum atomic E-state index is -0.106. The summed E-state index contributed by atoms with van der Waals surface area (Å²) in [5, 5.41) is 10.6. The monoisotopic (exact) mass is 246 g/mol. The number of allylic oxidation sites excluding steroid dienone is 1. The van der Waals surface area contributed by atoms with E-state index in [1.165, 1.54) is 57.8 Å². The number of hydrogen-bond donors (Lipinski definition) is 1. The summed E-state index contributed by atoms with van der Waals surface area (Å²) >= 11 is 0. The summed E-state index contributed by atoms with van der Waals surface area (Å²) < 4.78 is 0. The molecule has 0 aliphatic heterocycles. The number of aliphatic hydroxyl groups is 1. The van der Waals surface area contributed by atoms with Crippen LogP contribution in [0, 0.1) is 29.6 Å². The molecule has 0 aromatic heterocycles. The molecule has 0 heterocycles. The first kappa shape index (κ1) is 11.5. The Hall–Kier alpha value is -0.300. The lowest BCUT2D eigenvalue weighted by Crippen LogP contribution is -2.46. The lowest BCUT2D eigenvalue weighted by atomic mass is 9.56. The molecular weight excluding hydrogens is 220 g/mol. The average molecular weight is 246 g/mol. The van der Waals surface area contributed by atoms with Crippen molar-refractivity contribution >= 4 is 0 Å². The Kier molecular flexibility index (Phi) is 2.80. The Bertz CT molecular complexity index is 359. The van der Waals surface area contributed by atoms with Crippen LogP contribution in [0.2, 0.25) is 0 Å². The summed E-state index contributed by atoms with van der Waals surface area (Å²) in [6.07, 6.45) is 14.8. The van der Waals surface area contributed by atoms with E-state index in [0.29, 0.717) is 5.92 Å². The zero-order valence-corrected chi connectivity index (χ0v) is 11.4. The number of fused-ring (bicyclic) bond motifs is 5. The van der Waals surface area contributed by atoms with Gasteiger partial charge in [0.1, 0.15) is 0 Å². The van der Waals surface area contributed by atoms with E-state index in [2.05, 4.69) is 6.08 Å². The Balaban J connectivity index is 1.67. The molecule has 0 aromatic rings. The normalized spacial score (nSPS) is 51.1. The van der Waals surface area contributed by atoms with E-state index in [1.54, 1.807) is 5.57 Å². The van der Waals surface area contributed by atoms with Crippen LogP contribution < -0.4 is 0 Å². The molecule has 1 nitrogen and oxygen atoms in total. The van der Waals surface area contributed by atoms with Crippen molar-refractivity contribution in [1.82, 2.24) is 0 Å². The zero-order chi connectivity index (χ0) is 12.1. The fraction of sp³-hybridized carbons (Fsp3) is 0.882. The smallest absolute Gasteiger partial charge is 0.0757 e. The molecule has 4 aliphatic rings.